The number of nitrogens with zero attached hydrogens (tertiary/aromatic N) is 1. The van der Waals surface area contributed by atoms with E-state index in [9.17, 15) is 8.42 Å². The summed E-state index contributed by atoms with van der Waals surface area (Å²) in [6.45, 7) is 0.714. The number of hydrogen-bond acceptors (Lipinski definition) is 4. The highest BCUT2D eigenvalue weighted by atomic mass is 32.2. The Morgan fingerprint density at radius 2 is 1.94 bits per heavy atom. The number of rotatable bonds is 6. The Labute approximate surface area is 109 Å². The van der Waals surface area contributed by atoms with Crippen LogP contribution in [0.1, 0.15) is 25.7 Å². The topological polar surface area (TPSA) is 70.7 Å². The zero-order chi connectivity index (χ0) is 13.2. The first-order valence-electron chi connectivity index (χ1n) is 6.50. The van der Waals surface area contributed by atoms with E-state index < -0.39 is 10.2 Å². The van der Waals surface area contributed by atoms with Gasteiger partial charge >= 0.3 is 0 Å². The van der Waals surface area contributed by atoms with E-state index in [1.165, 1.54) is 17.1 Å². The molecule has 0 aromatic heterocycles. The SMILES string of the molecule is COCCNS(=O)(=O)N(C)C1CC2CCC(C1)N2. The molecular formula is C11H23N3O3S. The molecule has 2 saturated heterocycles. The average Bonchev–Trinajstić information content (AvgIpc) is 2.67. The van der Waals surface area contributed by atoms with E-state index in [0.29, 0.717) is 25.2 Å². The van der Waals surface area contributed by atoms with Crippen molar-refractivity contribution in [2.45, 2.75) is 43.8 Å². The Balaban J connectivity index is 1.91. The van der Waals surface area contributed by atoms with E-state index in [4.69, 9.17) is 4.74 Å². The van der Waals surface area contributed by atoms with Gasteiger partial charge in [0.25, 0.3) is 10.2 Å². The van der Waals surface area contributed by atoms with Crippen molar-refractivity contribution >= 4 is 10.2 Å². The Morgan fingerprint density at radius 1 is 1.33 bits per heavy atom. The lowest BCUT2D eigenvalue weighted by atomic mass is 10.0. The molecule has 2 rings (SSSR count). The number of fused-ring (bicyclic) bond motifs is 2. The van der Waals surface area contributed by atoms with Gasteiger partial charge in [0.15, 0.2) is 0 Å². The van der Waals surface area contributed by atoms with Crippen molar-refractivity contribution in [3.63, 3.8) is 0 Å². The summed E-state index contributed by atoms with van der Waals surface area (Å²) in [5.74, 6) is 0. The minimum absolute atomic E-state index is 0.115. The van der Waals surface area contributed by atoms with E-state index in [-0.39, 0.29) is 6.04 Å². The molecule has 2 fully saturated rings. The van der Waals surface area contributed by atoms with Gasteiger partial charge in [0.1, 0.15) is 0 Å². The van der Waals surface area contributed by atoms with E-state index >= 15 is 0 Å². The molecule has 2 atom stereocenters. The summed E-state index contributed by atoms with van der Waals surface area (Å²) in [4.78, 5) is 0. The van der Waals surface area contributed by atoms with Crippen molar-refractivity contribution in [3.05, 3.63) is 0 Å². The van der Waals surface area contributed by atoms with E-state index in [0.717, 1.165) is 12.8 Å². The predicted octanol–water partition coefficient (Wildman–Crippen LogP) is -0.318. The zero-order valence-corrected chi connectivity index (χ0v) is 11.9. The fourth-order valence-corrected chi connectivity index (χ4v) is 4.00. The van der Waals surface area contributed by atoms with Crippen LogP contribution in [0.15, 0.2) is 0 Å². The number of methoxy groups -OCH3 is 1. The lowest BCUT2D eigenvalue weighted by Crippen LogP contribution is -2.51. The first kappa shape index (κ1) is 14.2. The summed E-state index contributed by atoms with van der Waals surface area (Å²) in [6.07, 6.45) is 4.18. The molecule has 0 aromatic carbocycles. The van der Waals surface area contributed by atoms with Gasteiger partial charge in [-0.2, -0.15) is 17.4 Å². The van der Waals surface area contributed by atoms with Crippen molar-refractivity contribution in [3.8, 4) is 0 Å². The van der Waals surface area contributed by atoms with Crippen LogP contribution in [0.25, 0.3) is 0 Å². The maximum absolute atomic E-state index is 12.1. The molecule has 2 heterocycles. The minimum Gasteiger partial charge on any atom is -0.383 e. The average molecular weight is 277 g/mol. The van der Waals surface area contributed by atoms with Crippen LogP contribution >= 0.6 is 0 Å². The third kappa shape index (κ3) is 3.21. The molecule has 2 unspecified atom stereocenters. The standard InChI is InChI=1S/C11H23N3O3S/c1-14(18(15,16)12-5-6-17-2)11-7-9-3-4-10(8-11)13-9/h9-13H,3-8H2,1-2H3. The smallest absolute Gasteiger partial charge is 0.279 e. The Hall–Kier alpha value is -0.210. The van der Waals surface area contributed by atoms with Gasteiger partial charge in [0.2, 0.25) is 0 Å². The van der Waals surface area contributed by atoms with Crippen LogP contribution in [0.4, 0.5) is 0 Å². The highest BCUT2D eigenvalue weighted by molar-refractivity contribution is 7.87. The van der Waals surface area contributed by atoms with E-state index in [1.807, 2.05) is 0 Å². The summed E-state index contributed by atoms with van der Waals surface area (Å²) in [7, 11) is -0.146. The fourth-order valence-electron chi connectivity index (χ4n) is 2.89. The second-order valence-corrected chi connectivity index (χ2v) is 6.99. The third-order valence-corrected chi connectivity index (χ3v) is 5.56. The van der Waals surface area contributed by atoms with Gasteiger partial charge in [0, 0.05) is 38.8 Å². The van der Waals surface area contributed by atoms with E-state index in [2.05, 4.69) is 10.0 Å². The summed E-state index contributed by atoms with van der Waals surface area (Å²) in [6, 6.07) is 1.10. The summed E-state index contributed by atoms with van der Waals surface area (Å²) in [5, 5.41) is 3.52. The van der Waals surface area contributed by atoms with Gasteiger partial charge in [-0.25, -0.2) is 0 Å². The largest absolute Gasteiger partial charge is 0.383 e. The van der Waals surface area contributed by atoms with Crippen molar-refractivity contribution in [1.82, 2.24) is 14.3 Å². The van der Waals surface area contributed by atoms with Gasteiger partial charge in [-0.1, -0.05) is 0 Å². The molecule has 2 bridgehead atoms. The molecule has 18 heavy (non-hydrogen) atoms. The number of ether oxygens (including phenoxy) is 1. The molecule has 7 heteroatoms. The van der Waals surface area contributed by atoms with Crippen LogP contribution in [-0.2, 0) is 14.9 Å². The molecule has 0 amide bonds. The summed E-state index contributed by atoms with van der Waals surface area (Å²) < 4.78 is 33.1. The number of piperidine rings is 1. The summed E-state index contributed by atoms with van der Waals surface area (Å²) >= 11 is 0. The fraction of sp³-hybridized carbons (Fsp3) is 1.00. The summed E-state index contributed by atoms with van der Waals surface area (Å²) in [5.41, 5.74) is 0. The van der Waals surface area contributed by atoms with Crippen molar-refractivity contribution in [1.29, 1.82) is 0 Å². The van der Waals surface area contributed by atoms with E-state index in [1.54, 1.807) is 14.2 Å². The molecule has 2 aliphatic heterocycles. The minimum atomic E-state index is -3.38. The molecule has 2 N–H and O–H groups in total. The Bertz CT molecular complexity index is 362. The molecule has 0 aliphatic carbocycles. The Kier molecular flexibility index (Phi) is 4.60. The van der Waals surface area contributed by atoms with Crippen LogP contribution in [-0.4, -0.2) is 58.2 Å². The van der Waals surface area contributed by atoms with Crippen molar-refractivity contribution in [2.75, 3.05) is 27.3 Å². The molecular weight excluding hydrogens is 254 g/mol. The van der Waals surface area contributed by atoms with Gasteiger partial charge in [-0.15, -0.1) is 0 Å². The Morgan fingerprint density at radius 3 is 2.50 bits per heavy atom. The van der Waals surface area contributed by atoms with Gasteiger partial charge in [-0.3, -0.25) is 0 Å². The monoisotopic (exact) mass is 277 g/mol. The van der Waals surface area contributed by atoms with Crippen LogP contribution < -0.4 is 10.0 Å². The lowest BCUT2D eigenvalue weighted by Gasteiger charge is -2.34. The lowest BCUT2D eigenvalue weighted by molar-refractivity contribution is 0.202. The van der Waals surface area contributed by atoms with Crippen LogP contribution in [0.3, 0.4) is 0 Å². The quantitative estimate of drug-likeness (QED) is 0.653. The van der Waals surface area contributed by atoms with Crippen molar-refractivity contribution < 1.29 is 13.2 Å². The molecule has 106 valence electrons. The molecule has 0 radical (unpaired) electrons. The molecule has 2 aliphatic rings. The molecule has 0 aromatic rings. The van der Waals surface area contributed by atoms with Gasteiger partial charge in [0.05, 0.1) is 6.61 Å². The van der Waals surface area contributed by atoms with Crippen LogP contribution in [0, 0.1) is 0 Å². The molecule has 0 spiro atoms. The first-order chi connectivity index (χ1) is 8.53. The van der Waals surface area contributed by atoms with Crippen LogP contribution in [0.5, 0.6) is 0 Å². The number of nitrogens with one attached hydrogen (secondary N) is 2. The highest BCUT2D eigenvalue weighted by Gasteiger charge is 2.38. The normalized spacial score (nSPS) is 32.1. The van der Waals surface area contributed by atoms with Crippen molar-refractivity contribution in [2.24, 2.45) is 0 Å². The molecule has 0 saturated carbocycles. The maximum Gasteiger partial charge on any atom is 0.279 e. The second kappa shape index (κ2) is 5.83. The number of hydrogen-bond donors (Lipinski definition) is 2. The first-order valence-corrected chi connectivity index (χ1v) is 7.94. The molecule has 6 nitrogen and oxygen atoms in total. The van der Waals surface area contributed by atoms with Crippen LogP contribution in [0.2, 0.25) is 0 Å². The second-order valence-electron chi connectivity index (χ2n) is 5.17. The zero-order valence-electron chi connectivity index (χ0n) is 11.1. The maximum atomic E-state index is 12.1. The predicted molar refractivity (Wildman–Crippen MR) is 69.5 cm³/mol. The highest BCUT2D eigenvalue weighted by Crippen LogP contribution is 2.29. The van der Waals surface area contributed by atoms with Gasteiger partial charge < -0.3 is 10.1 Å². The van der Waals surface area contributed by atoms with Gasteiger partial charge in [-0.05, 0) is 25.7 Å². The third-order valence-electron chi connectivity index (χ3n) is 3.93.